The molecular weight excluding hydrogens is 805 g/mol. The summed E-state index contributed by atoms with van der Waals surface area (Å²) in [6.07, 6.45) is 0. The van der Waals surface area contributed by atoms with E-state index in [9.17, 15) is 0 Å². The Bertz CT molecular complexity index is 3800. The van der Waals surface area contributed by atoms with Crippen LogP contribution in [0.3, 0.4) is 0 Å². The molecule has 0 aliphatic carbocycles. The molecule has 13 aromatic rings. The van der Waals surface area contributed by atoms with E-state index in [2.05, 4.69) is 188 Å². The minimum atomic E-state index is 0.685. The molecule has 9 aromatic carbocycles. The molecule has 3 nitrogen and oxygen atoms in total. The van der Waals surface area contributed by atoms with E-state index in [0.717, 1.165) is 72.3 Å². The van der Waals surface area contributed by atoms with E-state index in [1.807, 2.05) is 40.9 Å². The first kappa shape index (κ1) is 36.0. The Morgan fingerprint density at radius 1 is 0.302 bits per heavy atom. The van der Waals surface area contributed by atoms with Gasteiger partial charge in [-0.05, 0) is 94.0 Å². The minimum absolute atomic E-state index is 0.685. The van der Waals surface area contributed by atoms with Crippen LogP contribution in [0, 0.1) is 0 Å². The van der Waals surface area contributed by atoms with E-state index in [4.69, 9.17) is 14.4 Å². The first-order chi connectivity index (χ1) is 31.2. The van der Waals surface area contributed by atoms with Crippen LogP contribution >= 0.6 is 22.7 Å². The van der Waals surface area contributed by atoms with Crippen LogP contribution in [0.4, 0.5) is 0 Å². The number of nitrogens with zero attached hydrogens (tertiary/aromatic N) is 2. The van der Waals surface area contributed by atoms with Gasteiger partial charge in [-0.2, -0.15) is 0 Å². The summed E-state index contributed by atoms with van der Waals surface area (Å²) in [6, 6.07) is 73.9. The molecule has 0 saturated heterocycles. The number of thiophene rings is 2. The van der Waals surface area contributed by atoms with Crippen molar-refractivity contribution in [1.29, 1.82) is 0 Å². The van der Waals surface area contributed by atoms with Gasteiger partial charge in [-0.25, -0.2) is 9.97 Å². The second-order valence-corrected chi connectivity index (χ2v) is 18.2. The topological polar surface area (TPSA) is 38.9 Å². The number of benzene rings is 9. The van der Waals surface area contributed by atoms with Crippen molar-refractivity contribution in [2.24, 2.45) is 0 Å². The first-order valence-corrected chi connectivity index (χ1v) is 22.8. The molecular formula is C58H34N2OS2. The van der Waals surface area contributed by atoms with Crippen LogP contribution in [-0.4, -0.2) is 9.97 Å². The third-order valence-corrected chi connectivity index (χ3v) is 14.7. The van der Waals surface area contributed by atoms with Crippen LogP contribution in [0.2, 0.25) is 0 Å². The van der Waals surface area contributed by atoms with Gasteiger partial charge in [0, 0.05) is 67.8 Å². The lowest BCUT2D eigenvalue weighted by atomic mass is 9.93. The normalized spacial score (nSPS) is 11.8. The van der Waals surface area contributed by atoms with Crippen LogP contribution in [0.15, 0.2) is 211 Å². The Hall–Kier alpha value is -7.70. The molecule has 0 aliphatic heterocycles. The molecule has 13 rings (SSSR count). The summed E-state index contributed by atoms with van der Waals surface area (Å²) in [6.45, 7) is 0. The van der Waals surface area contributed by atoms with Gasteiger partial charge in [-0.15, -0.1) is 22.7 Å². The number of hydrogen-bond acceptors (Lipinski definition) is 5. The molecule has 0 bridgehead atoms. The summed E-state index contributed by atoms with van der Waals surface area (Å²) in [7, 11) is 0. The van der Waals surface area contributed by atoms with Crippen LogP contribution in [-0.2, 0) is 0 Å². The number of furan rings is 1. The second-order valence-electron chi connectivity index (χ2n) is 16.1. The monoisotopic (exact) mass is 838 g/mol. The summed E-state index contributed by atoms with van der Waals surface area (Å²) in [5.74, 6) is 0.685. The zero-order valence-electron chi connectivity index (χ0n) is 33.7. The molecule has 4 heterocycles. The first-order valence-electron chi connectivity index (χ1n) is 21.1. The Morgan fingerprint density at radius 3 is 1.49 bits per heavy atom. The summed E-state index contributed by atoms with van der Waals surface area (Å²) >= 11 is 3.73. The lowest BCUT2D eigenvalue weighted by Crippen LogP contribution is -1.97. The summed E-state index contributed by atoms with van der Waals surface area (Å²) in [5.41, 5.74) is 13.5. The Morgan fingerprint density at radius 2 is 0.794 bits per heavy atom. The van der Waals surface area contributed by atoms with Gasteiger partial charge in [-0.1, -0.05) is 146 Å². The largest absolute Gasteiger partial charge is 0.456 e. The maximum Gasteiger partial charge on any atom is 0.160 e. The van der Waals surface area contributed by atoms with Crippen molar-refractivity contribution in [2.75, 3.05) is 0 Å². The van der Waals surface area contributed by atoms with Gasteiger partial charge in [0.05, 0.1) is 11.4 Å². The fourth-order valence-electron chi connectivity index (χ4n) is 9.26. The quantitative estimate of drug-likeness (QED) is 0.167. The molecule has 0 aliphatic rings. The number of aromatic nitrogens is 2. The van der Waals surface area contributed by atoms with Crippen LogP contribution in [0.1, 0.15) is 0 Å². The molecule has 0 saturated carbocycles. The van der Waals surface area contributed by atoms with Crippen molar-refractivity contribution in [1.82, 2.24) is 9.97 Å². The molecule has 5 heteroatoms. The highest BCUT2D eigenvalue weighted by Gasteiger charge is 2.18. The molecule has 0 atom stereocenters. The average Bonchev–Trinajstić information content (AvgIpc) is 4.05. The molecule has 0 radical (unpaired) electrons. The lowest BCUT2D eigenvalue weighted by Gasteiger charge is -2.14. The zero-order chi connectivity index (χ0) is 41.4. The number of fused-ring (bicyclic) bond motifs is 9. The predicted molar refractivity (Wildman–Crippen MR) is 268 cm³/mol. The van der Waals surface area contributed by atoms with Crippen LogP contribution in [0.5, 0.6) is 0 Å². The van der Waals surface area contributed by atoms with Gasteiger partial charge < -0.3 is 4.42 Å². The van der Waals surface area contributed by atoms with Crippen molar-refractivity contribution in [3.8, 4) is 67.3 Å². The minimum Gasteiger partial charge on any atom is -0.456 e. The highest BCUT2D eigenvalue weighted by atomic mass is 32.1. The third kappa shape index (κ3) is 6.08. The van der Waals surface area contributed by atoms with Crippen molar-refractivity contribution in [3.05, 3.63) is 206 Å². The molecule has 0 unspecified atom stereocenters. The Kier molecular flexibility index (Phi) is 8.26. The van der Waals surface area contributed by atoms with E-state index in [-0.39, 0.29) is 0 Å². The lowest BCUT2D eigenvalue weighted by molar-refractivity contribution is 0.669. The Balaban J connectivity index is 1.03. The van der Waals surface area contributed by atoms with E-state index in [1.165, 1.54) is 51.5 Å². The third-order valence-electron chi connectivity index (χ3n) is 12.3. The van der Waals surface area contributed by atoms with Gasteiger partial charge in [-0.3, -0.25) is 0 Å². The fraction of sp³-hybridized carbons (Fsp3) is 0. The van der Waals surface area contributed by atoms with E-state index >= 15 is 0 Å². The smallest absolute Gasteiger partial charge is 0.160 e. The van der Waals surface area contributed by atoms with Crippen molar-refractivity contribution < 1.29 is 4.42 Å². The second kappa shape index (κ2) is 14.5. The van der Waals surface area contributed by atoms with E-state index < -0.39 is 0 Å². The molecule has 0 fully saturated rings. The predicted octanol–water partition coefficient (Wildman–Crippen LogP) is 17.1. The molecule has 4 aromatic heterocycles. The SMILES string of the molecule is c1ccc(-c2nc(-c3cccc(-c4ccc5oc6ccccc6c5c4)c3)cc(-c3cc(-c4cccc5c4sc4ccccc45)cc(-c4cccc5c4sc4ccccc45)c3)n2)cc1. The van der Waals surface area contributed by atoms with Gasteiger partial charge in [0.1, 0.15) is 11.2 Å². The highest BCUT2D eigenvalue weighted by Crippen LogP contribution is 2.45. The van der Waals surface area contributed by atoms with Gasteiger partial charge >= 0.3 is 0 Å². The fourth-order valence-corrected chi connectivity index (χ4v) is 11.7. The average molecular weight is 839 g/mol. The standard InChI is InChI=1S/C58H34N2OS2/c1-2-13-35(14-3-1)58-59-50(38-16-10-15-36(29-38)37-27-28-53-49(33-37)44-17-4-7-24-52(44)61-53)34-51(60-58)41-31-39(42-20-11-22-47-45-18-5-8-25-54(45)62-56(42)47)30-40(32-41)43-21-12-23-48-46-19-6-9-26-55(46)63-57(43)48/h1-34H. The van der Waals surface area contributed by atoms with Crippen molar-refractivity contribution in [3.63, 3.8) is 0 Å². The van der Waals surface area contributed by atoms with Crippen molar-refractivity contribution in [2.45, 2.75) is 0 Å². The maximum atomic E-state index is 6.17. The zero-order valence-corrected chi connectivity index (χ0v) is 35.4. The highest BCUT2D eigenvalue weighted by molar-refractivity contribution is 7.26. The van der Waals surface area contributed by atoms with Gasteiger partial charge in [0.25, 0.3) is 0 Å². The van der Waals surface area contributed by atoms with E-state index in [1.54, 1.807) is 0 Å². The van der Waals surface area contributed by atoms with Crippen molar-refractivity contribution >= 4 is 85.0 Å². The van der Waals surface area contributed by atoms with Gasteiger partial charge in [0.2, 0.25) is 0 Å². The number of para-hydroxylation sites is 1. The van der Waals surface area contributed by atoms with Gasteiger partial charge in [0.15, 0.2) is 5.82 Å². The molecule has 0 N–H and O–H groups in total. The summed E-state index contributed by atoms with van der Waals surface area (Å²) < 4.78 is 11.3. The Labute approximate surface area is 370 Å². The maximum absolute atomic E-state index is 6.17. The molecule has 63 heavy (non-hydrogen) atoms. The molecule has 294 valence electrons. The summed E-state index contributed by atoms with van der Waals surface area (Å²) in [5, 5.41) is 7.37. The number of hydrogen-bond donors (Lipinski definition) is 0. The summed E-state index contributed by atoms with van der Waals surface area (Å²) in [4.78, 5) is 10.7. The number of rotatable bonds is 6. The molecule has 0 spiro atoms. The molecule has 0 amide bonds. The van der Waals surface area contributed by atoms with Crippen LogP contribution < -0.4 is 0 Å². The van der Waals surface area contributed by atoms with Crippen LogP contribution in [0.25, 0.3) is 130 Å². The van der Waals surface area contributed by atoms with E-state index in [0.29, 0.717) is 5.82 Å².